The van der Waals surface area contributed by atoms with Crippen LogP contribution in [0.25, 0.3) is 21.7 Å². The molecule has 220 valence electrons. The maximum Gasteiger partial charge on any atom is 0.408 e. The number of para-hydroxylation sites is 1. The summed E-state index contributed by atoms with van der Waals surface area (Å²) in [6.45, 7) is 2.42. The summed E-state index contributed by atoms with van der Waals surface area (Å²) in [7, 11) is 0. The lowest BCUT2D eigenvalue weighted by Gasteiger charge is -2.39. The number of aromatic amines is 1. The van der Waals surface area contributed by atoms with E-state index < -0.39 is 11.6 Å². The Morgan fingerprint density at radius 1 is 0.860 bits per heavy atom. The van der Waals surface area contributed by atoms with E-state index in [4.69, 9.17) is 4.74 Å². The van der Waals surface area contributed by atoms with Gasteiger partial charge in [-0.25, -0.2) is 4.79 Å². The zero-order valence-electron chi connectivity index (χ0n) is 24.7. The van der Waals surface area contributed by atoms with Gasteiger partial charge in [0.25, 0.3) is 0 Å². The summed E-state index contributed by atoms with van der Waals surface area (Å²) in [6, 6.07) is 32.6. The molecule has 0 spiro atoms. The highest BCUT2D eigenvalue weighted by Crippen LogP contribution is 2.39. The number of carbonyl (C=O) groups excluding carboxylic acids is 2. The molecule has 0 aliphatic heterocycles. The van der Waals surface area contributed by atoms with Crippen LogP contribution in [0.15, 0.2) is 103 Å². The van der Waals surface area contributed by atoms with Crippen LogP contribution >= 0.6 is 0 Å². The van der Waals surface area contributed by atoms with E-state index in [9.17, 15) is 9.59 Å². The molecule has 6 rings (SSSR count). The van der Waals surface area contributed by atoms with Crippen LogP contribution in [0.5, 0.6) is 0 Å². The predicted octanol–water partition coefficient (Wildman–Crippen LogP) is 7.57. The molecule has 2 amide bonds. The highest BCUT2D eigenvalue weighted by molar-refractivity contribution is 5.91. The average molecular weight is 574 g/mol. The van der Waals surface area contributed by atoms with Gasteiger partial charge in [-0.3, -0.25) is 4.79 Å². The Labute approximate surface area is 252 Å². The van der Waals surface area contributed by atoms with Crippen LogP contribution in [0.4, 0.5) is 4.79 Å². The lowest BCUT2D eigenvalue weighted by Crippen LogP contribution is -2.59. The highest BCUT2D eigenvalue weighted by atomic mass is 16.5. The highest BCUT2D eigenvalue weighted by Gasteiger charge is 2.40. The van der Waals surface area contributed by atoms with Crippen LogP contribution in [0, 0.1) is 0 Å². The Kier molecular flexibility index (Phi) is 8.19. The maximum absolute atomic E-state index is 14.1. The van der Waals surface area contributed by atoms with E-state index in [0.29, 0.717) is 13.0 Å². The molecule has 1 atom stereocenters. The van der Waals surface area contributed by atoms with Crippen LogP contribution in [-0.4, -0.2) is 29.1 Å². The van der Waals surface area contributed by atoms with Crippen molar-refractivity contribution in [1.29, 1.82) is 0 Å². The molecular weight excluding hydrogens is 534 g/mol. The van der Waals surface area contributed by atoms with Crippen molar-refractivity contribution in [2.24, 2.45) is 0 Å². The van der Waals surface area contributed by atoms with Crippen molar-refractivity contribution in [3.8, 4) is 0 Å². The normalized spacial score (nSPS) is 15.9. The van der Waals surface area contributed by atoms with E-state index in [1.807, 2.05) is 72.9 Å². The summed E-state index contributed by atoms with van der Waals surface area (Å²) in [5.74, 6) is -0.221. The van der Waals surface area contributed by atoms with Crippen LogP contribution in [-0.2, 0) is 28.0 Å². The number of rotatable bonds is 9. The van der Waals surface area contributed by atoms with E-state index in [0.717, 1.165) is 58.5 Å². The second-order valence-corrected chi connectivity index (χ2v) is 12.1. The van der Waals surface area contributed by atoms with Gasteiger partial charge in [-0.15, -0.1) is 0 Å². The molecule has 6 nitrogen and oxygen atoms in total. The zero-order valence-corrected chi connectivity index (χ0v) is 24.7. The second-order valence-electron chi connectivity index (χ2n) is 12.1. The third-order valence-electron chi connectivity index (χ3n) is 9.07. The molecule has 4 aromatic carbocycles. The molecule has 1 aliphatic carbocycles. The molecule has 0 radical (unpaired) electrons. The minimum absolute atomic E-state index is 0.110. The summed E-state index contributed by atoms with van der Waals surface area (Å²) < 4.78 is 5.68. The SMILES string of the molecule is CC(Cc1c[nH]c2ccccc12)(NC(=O)OCc1ccc2ccccc2c1)C(=O)NCC1(c2ccccc2)CCCCC1. The second kappa shape index (κ2) is 12.3. The van der Waals surface area contributed by atoms with Crippen molar-refractivity contribution in [3.63, 3.8) is 0 Å². The first kappa shape index (κ1) is 28.5. The van der Waals surface area contributed by atoms with Crippen molar-refractivity contribution in [3.05, 3.63) is 120 Å². The van der Waals surface area contributed by atoms with Crippen molar-refractivity contribution < 1.29 is 14.3 Å². The van der Waals surface area contributed by atoms with Gasteiger partial charge in [-0.05, 0) is 59.4 Å². The van der Waals surface area contributed by atoms with Crippen LogP contribution < -0.4 is 10.6 Å². The number of carbonyl (C=O) groups is 2. The summed E-state index contributed by atoms with van der Waals surface area (Å²) in [4.78, 5) is 30.7. The third-order valence-corrected chi connectivity index (χ3v) is 9.07. The Bertz CT molecular complexity index is 1720. The number of hydrogen-bond acceptors (Lipinski definition) is 3. The Morgan fingerprint density at radius 2 is 1.58 bits per heavy atom. The topological polar surface area (TPSA) is 83.2 Å². The number of alkyl carbamates (subject to hydrolysis) is 1. The first-order chi connectivity index (χ1) is 20.9. The molecule has 1 unspecified atom stereocenters. The molecule has 1 aromatic heterocycles. The standard InChI is InChI=1S/C37H39N3O3/c1-36(23-30-24-38-33-17-9-8-16-32(30)33,40-35(42)43-25-27-18-19-28-12-6-7-13-29(28)22-27)34(41)39-26-37(20-10-3-11-21-37)31-14-4-2-5-15-31/h2,4-9,12-19,22,24,38H,3,10-11,20-21,23,25-26H2,1H3,(H,39,41)(H,40,42). The predicted molar refractivity (Wildman–Crippen MR) is 172 cm³/mol. The molecule has 0 bridgehead atoms. The molecule has 1 aliphatic rings. The third kappa shape index (κ3) is 6.29. The fourth-order valence-corrected chi connectivity index (χ4v) is 6.61. The minimum atomic E-state index is -1.24. The molecule has 0 saturated heterocycles. The monoisotopic (exact) mass is 573 g/mol. The van der Waals surface area contributed by atoms with Crippen LogP contribution in [0.1, 0.15) is 55.7 Å². The van der Waals surface area contributed by atoms with Gasteiger partial charge >= 0.3 is 6.09 Å². The Morgan fingerprint density at radius 3 is 2.40 bits per heavy atom. The number of amides is 2. The number of H-pyrrole nitrogens is 1. The summed E-state index contributed by atoms with van der Waals surface area (Å²) in [5.41, 5.74) is 2.74. The minimum Gasteiger partial charge on any atom is -0.445 e. The van der Waals surface area contributed by atoms with E-state index in [-0.39, 0.29) is 17.9 Å². The maximum atomic E-state index is 14.1. The van der Waals surface area contributed by atoms with Gasteiger partial charge in [-0.2, -0.15) is 0 Å². The summed E-state index contributed by atoms with van der Waals surface area (Å²) >= 11 is 0. The first-order valence-corrected chi connectivity index (χ1v) is 15.3. The van der Waals surface area contributed by atoms with Gasteiger partial charge in [0.1, 0.15) is 12.1 Å². The largest absolute Gasteiger partial charge is 0.445 e. The van der Waals surface area contributed by atoms with Gasteiger partial charge in [0, 0.05) is 35.5 Å². The molecule has 3 N–H and O–H groups in total. The molecule has 1 heterocycles. The lowest BCUT2D eigenvalue weighted by atomic mass is 9.69. The number of nitrogens with one attached hydrogen (secondary N) is 3. The molecule has 6 heteroatoms. The van der Waals surface area contributed by atoms with E-state index in [2.05, 4.69) is 45.9 Å². The first-order valence-electron chi connectivity index (χ1n) is 15.3. The van der Waals surface area contributed by atoms with E-state index in [1.54, 1.807) is 6.92 Å². The smallest absolute Gasteiger partial charge is 0.408 e. The number of aromatic nitrogens is 1. The molecule has 43 heavy (non-hydrogen) atoms. The summed E-state index contributed by atoms with van der Waals surface area (Å²) in [6.07, 6.45) is 7.15. The van der Waals surface area contributed by atoms with Gasteiger partial charge < -0.3 is 20.4 Å². The van der Waals surface area contributed by atoms with Crippen molar-refractivity contribution in [1.82, 2.24) is 15.6 Å². The van der Waals surface area contributed by atoms with E-state index in [1.165, 1.54) is 12.0 Å². The molecule has 1 fully saturated rings. The molecular formula is C37H39N3O3. The van der Waals surface area contributed by atoms with Gasteiger partial charge in [0.15, 0.2) is 0 Å². The van der Waals surface area contributed by atoms with Crippen molar-refractivity contribution >= 4 is 33.7 Å². The van der Waals surface area contributed by atoms with Gasteiger partial charge in [0.2, 0.25) is 5.91 Å². The number of hydrogen-bond donors (Lipinski definition) is 3. The quantitative estimate of drug-likeness (QED) is 0.170. The van der Waals surface area contributed by atoms with Crippen LogP contribution in [0.3, 0.4) is 0 Å². The fourth-order valence-electron chi connectivity index (χ4n) is 6.61. The number of ether oxygens (including phenoxy) is 1. The van der Waals surface area contributed by atoms with Crippen molar-refractivity contribution in [2.75, 3.05) is 6.54 Å². The van der Waals surface area contributed by atoms with Crippen LogP contribution in [0.2, 0.25) is 0 Å². The summed E-state index contributed by atoms with van der Waals surface area (Å²) in [5, 5.41) is 9.47. The van der Waals surface area contributed by atoms with E-state index >= 15 is 0 Å². The number of fused-ring (bicyclic) bond motifs is 2. The lowest BCUT2D eigenvalue weighted by molar-refractivity contribution is -0.127. The van der Waals surface area contributed by atoms with Gasteiger partial charge in [-0.1, -0.05) is 104 Å². The molecule has 5 aromatic rings. The average Bonchev–Trinajstić information content (AvgIpc) is 3.45. The van der Waals surface area contributed by atoms with Crippen molar-refractivity contribution in [2.45, 2.75) is 63.0 Å². The van der Waals surface area contributed by atoms with Gasteiger partial charge in [0.05, 0.1) is 0 Å². The molecule has 1 saturated carbocycles. The Balaban J connectivity index is 1.21. The fraction of sp³-hybridized carbons (Fsp3) is 0.297. The Hall–Kier alpha value is -4.58. The zero-order chi connectivity index (χ0) is 29.7. The number of benzene rings is 4.